The van der Waals surface area contributed by atoms with E-state index in [0.29, 0.717) is 13.0 Å². The fraction of sp³-hybridized carbons (Fsp3) is 0.400. The van der Waals surface area contributed by atoms with E-state index in [-0.39, 0.29) is 26.2 Å². The summed E-state index contributed by atoms with van der Waals surface area (Å²) in [5.41, 5.74) is 1.72. The van der Waals surface area contributed by atoms with Crippen molar-refractivity contribution >= 4 is 18.0 Å². The molecular weight excluding hydrogens is 440 g/mol. The SMILES string of the molecule is CCOC(=O)COC1OCC[C@@H]1NC(=O)[C@H](Cc1ccccc1)NC(=O)OCc1ccccc1. The van der Waals surface area contributed by atoms with E-state index in [2.05, 4.69) is 10.6 Å². The first-order valence-corrected chi connectivity index (χ1v) is 11.3. The Kier molecular flexibility index (Phi) is 9.87. The molecule has 34 heavy (non-hydrogen) atoms. The van der Waals surface area contributed by atoms with Gasteiger partial charge in [-0.3, -0.25) is 4.79 Å². The van der Waals surface area contributed by atoms with Gasteiger partial charge in [0.2, 0.25) is 5.91 Å². The zero-order chi connectivity index (χ0) is 24.2. The summed E-state index contributed by atoms with van der Waals surface area (Å²) in [6.45, 7) is 2.14. The van der Waals surface area contributed by atoms with Crippen molar-refractivity contribution in [1.29, 1.82) is 0 Å². The third kappa shape index (κ3) is 8.17. The second-order valence-corrected chi connectivity index (χ2v) is 7.71. The first-order chi connectivity index (χ1) is 16.5. The van der Waals surface area contributed by atoms with Crippen LogP contribution in [-0.2, 0) is 41.6 Å². The van der Waals surface area contributed by atoms with E-state index < -0.39 is 36.3 Å². The van der Waals surface area contributed by atoms with Crippen LogP contribution < -0.4 is 10.6 Å². The number of hydrogen-bond acceptors (Lipinski definition) is 7. The lowest BCUT2D eigenvalue weighted by Gasteiger charge is -2.24. The van der Waals surface area contributed by atoms with Crippen LogP contribution in [0.2, 0.25) is 0 Å². The predicted octanol–water partition coefficient (Wildman–Crippen LogP) is 2.34. The molecule has 9 heteroatoms. The number of ether oxygens (including phenoxy) is 4. The maximum atomic E-state index is 13.1. The first-order valence-electron chi connectivity index (χ1n) is 11.3. The molecule has 182 valence electrons. The maximum absolute atomic E-state index is 13.1. The van der Waals surface area contributed by atoms with Crippen molar-refractivity contribution in [3.05, 3.63) is 71.8 Å². The zero-order valence-corrected chi connectivity index (χ0v) is 19.1. The third-order valence-corrected chi connectivity index (χ3v) is 5.14. The summed E-state index contributed by atoms with van der Waals surface area (Å²) in [5, 5.41) is 5.54. The van der Waals surface area contributed by atoms with E-state index >= 15 is 0 Å². The molecule has 2 aromatic carbocycles. The summed E-state index contributed by atoms with van der Waals surface area (Å²) in [7, 11) is 0. The molecule has 2 aromatic rings. The van der Waals surface area contributed by atoms with Gasteiger partial charge in [-0.05, 0) is 24.5 Å². The molecule has 1 fully saturated rings. The Hall–Kier alpha value is -3.43. The molecule has 0 aliphatic carbocycles. The number of amides is 2. The summed E-state index contributed by atoms with van der Waals surface area (Å²) >= 11 is 0. The Morgan fingerprint density at radius 1 is 1.00 bits per heavy atom. The maximum Gasteiger partial charge on any atom is 0.408 e. The molecule has 9 nitrogen and oxygen atoms in total. The molecular formula is C25H30N2O7. The van der Waals surface area contributed by atoms with Crippen molar-refractivity contribution < 1.29 is 33.3 Å². The van der Waals surface area contributed by atoms with Gasteiger partial charge in [0, 0.05) is 6.42 Å². The Bertz CT molecular complexity index is 923. The number of carbonyl (C=O) groups is 3. The van der Waals surface area contributed by atoms with Crippen LogP contribution in [-0.4, -0.2) is 56.2 Å². The standard InChI is InChI=1S/C25H30N2O7/c1-2-31-22(28)17-33-24-20(13-14-32-24)26-23(29)21(15-18-9-5-3-6-10-18)27-25(30)34-16-19-11-7-4-8-12-19/h3-12,20-21,24H,2,13-17H2,1H3,(H,26,29)(H,27,30)/t20-,21-,24?/m0/s1. The number of rotatable bonds is 11. The van der Waals surface area contributed by atoms with Crippen LogP contribution >= 0.6 is 0 Å². The van der Waals surface area contributed by atoms with Crippen LogP contribution in [0.4, 0.5) is 4.79 Å². The molecule has 0 radical (unpaired) electrons. The van der Waals surface area contributed by atoms with Gasteiger partial charge in [-0.25, -0.2) is 9.59 Å². The lowest BCUT2D eigenvalue weighted by molar-refractivity contribution is -0.166. The van der Waals surface area contributed by atoms with E-state index in [1.165, 1.54) is 0 Å². The van der Waals surface area contributed by atoms with Gasteiger partial charge in [-0.15, -0.1) is 0 Å². The largest absolute Gasteiger partial charge is 0.464 e. The van der Waals surface area contributed by atoms with Crippen LogP contribution in [0, 0.1) is 0 Å². The normalized spacial score (nSPS) is 18.0. The van der Waals surface area contributed by atoms with Crippen LogP contribution in [0.3, 0.4) is 0 Å². The molecule has 1 aliphatic heterocycles. The smallest absolute Gasteiger partial charge is 0.408 e. The van der Waals surface area contributed by atoms with Crippen molar-refractivity contribution in [1.82, 2.24) is 10.6 Å². The molecule has 0 aromatic heterocycles. The molecule has 3 atom stereocenters. The summed E-state index contributed by atoms with van der Waals surface area (Å²) < 4.78 is 21.1. The average molecular weight is 471 g/mol. The topological polar surface area (TPSA) is 112 Å². The summed E-state index contributed by atoms with van der Waals surface area (Å²) in [6, 6.07) is 17.3. The Balaban J connectivity index is 1.59. The molecule has 2 N–H and O–H groups in total. The van der Waals surface area contributed by atoms with Gasteiger partial charge in [0.25, 0.3) is 0 Å². The van der Waals surface area contributed by atoms with E-state index in [0.717, 1.165) is 11.1 Å². The molecule has 0 saturated carbocycles. The van der Waals surface area contributed by atoms with Gasteiger partial charge in [-0.1, -0.05) is 60.7 Å². The number of benzene rings is 2. The fourth-order valence-electron chi connectivity index (χ4n) is 3.47. The number of carbonyl (C=O) groups excluding carboxylic acids is 3. The molecule has 3 rings (SSSR count). The highest BCUT2D eigenvalue weighted by Gasteiger charge is 2.33. The van der Waals surface area contributed by atoms with Crippen molar-refractivity contribution in [3.63, 3.8) is 0 Å². The fourth-order valence-corrected chi connectivity index (χ4v) is 3.47. The number of esters is 1. The van der Waals surface area contributed by atoms with Crippen molar-refractivity contribution in [3.8, 4) is 0 Å². The van der Waals surface area contributed by atoms with Gasteiger partial charge in [0.1, 0.15) is 19.3 Å². The van der Waals surface area contributed by atoms with Crippen molar-refractivity contribution in [2.24, 2.45) is 0 Å². The van der Waals surface area contributed by atoms with Crippen LogP contribution in [0.5, 0.6) is 0 Å². The van der Waals surface area contributed by atoms with Crippen LogP contribution in [0.1, 0.15) is 24.5 Å². The molecule has 1 heterocycles. The van der Waals surface area contributed by atoms with Crippen LogP contribution in [0.15, 0.2) is 60.7 Å². The van der Waals surface area contributed by atoms with Crippen molar-refractivity contribution in [2.45, 2.75) is 44.7 Å². The summed E-state index contributed by atoms with van der Waals surface area (Å²) in [4.78, 5) is 37.1. The minimum atomic E-state index is -0.878. The highest BCUT2D eigenvalue weighted by Crippen LogP contribution is 2.16. The Labute approximate surface area is 198 Å². The average Bonchev–Trinajstić information content (AvgIpc) is 3.29. The predicted molar refractivity (Wildman–Crippen MR) is 123 cm³/mol. The third-order valence-electron chi connectivity index (χ3n) is 5.14. The van der Waals surface area contributed by atoms with Gasteiger partial charge in [0.15, 0.2) is 6.29 Å². The number of alkyl carbamates (subject to hydrolysis) is 1. The second-order valence-electron chi connectivity index (χ2n) is 7.71. The Morgan fingerprint density at radius 3 is 2.35 bits per heavy atom. The first kappa shape index (κ1) is 25.2. The minimum absolute atomic E-state index is 0.0899. The highest BCUT2D eigenvalue weighted by atomic mass is 16.7. The Morgan fingerprint density at radius 2 is 1.68 bits per heavy atom. The van der Waals surface area contributed by atoms with Gasteiger partial charge < -0.3 is 29.6 Å². The molecule has 1 saturated heterocycles. The zero-order valence-electron chi connectivity index (χ0n) is 19.1. The van der Waals surface area contributed by atoms with Gasteiger partial charge in [0.05, 0.1) is 19.3 Å². The van der Waals surface area contributed by atoms with E-state index in [9.17, 15) is 14.4 Å². The lowest BCUT2D eigenvalue weighted by atomic mass is 10.0. The van der Waals surface area contributed by atoms with E-state index in [1.807, 2.05) is 60.7 Å². The summed E-state index contributed by atoms with van der Waals surface area (Å²) in [6.07, 6.45) is -0.696. The number of hydrogen-bond donors (Lipinski definition) is 2. The van der Waals surface area contributed by atoms with E-state index in [1.54, 1.807) is 6.92 Å². The summed E-state index contributed by atoms with van der Waals surface area (Å²) in [5.74, 6) is -0.909. The molecule has 2 amide bonds. The molecule has 1 aliphatic rings. The quantitative estimate of drug-likeness (QED) is 0.485. The monoisotopic (exact) mass is 470 g/mol. The van der Waals surface area contributed by atoms with Gasteiger partial charge in [-0.2, -0.15) is 0 Å². The minimum Gasteiger partial charge on any atom is -0.464 e. The highest BCUT2D eigenvalue weighted by molar-refractivity contribution is 5.86. The second kappa shape index (κ2) is 13.3. The molecule has 0 spiro atoms. The molecule has 1 unspecified atom stereocenters. The van der Waals surface area contributed by atoms with Gasteiger partial charge >= 0.3 is 12.1 Å². The number of nitrogens with one attached hydrogen (secondary N) is 2. The van der Waals surface area contributed by atoms with Crippen LogP contribution in [0.25, 0.3) is 0 Å². The van der Waals surface area contributed by atoms with Crippen molar-refractivity contribution in [2.75, 3.05) is 19.8 Å². The molecule has 0 bridgehead atoms. The lowest BCUT2D eigenvalue weighted by Crippen LogP contribution is -2.52. The van der Waals surface area contributed by atoms with E-state index in [4.69, 9.17) is 18.9 Å².